The number of ether oxygens (including phenoxy) is 1. The molecule has 0 fully saturated rings. The van der Waals surface area contributed by atoms with Crippen molar-refractivity contribution in [1.82, 2.24) is 10.6 Å². The van der Waals surface area contributed by atoms with Crippen molar-refractivity contribution in [3.8, 4) is 0 Å². The molecule has 0 radical (unpaired) electrons. The second kappa shape index (κ2) is 13.1. The van der Waals surface area contributed by atoms with E-state index in [1.54, 1.807) is 37.4 Å². The Morgan fingerprint density at radius 1 is 0.974 bits per heavy atom. The highest BCUT2D eigenvalue weighted by molar-refractivity contribution is 5.75. The van der Waals surface area contributed by atoms with Crippen LogP contribution in [0.1, 0.15) is 48.1 Å². The molecule has 0 heterocycles. The van der Waals surface area contributed by atoms with E-state index in [1.165, 1.54) is 6.92 Å². The second-order valence-corrected chi connectivity index (χ2v) is 8.92. The highest BCUT2D eigenvalue weighted by atomic mass is 19.4. The summed E-state index contributed by atoms with van der Waals surface area (Å²) >= 11 is 0. The van der Waals surface area contributed by atoms with E-state index in [0.29, 0.717) is 25.1 Å². The maximum absolute atomic E-state index is 13.3. The Morgan fingerprint density at radius 3 is 2.03 bits per heavy atom. The van der Waals surface area contributed by atoms with E-state index in [1.807, 2.05) is 12.1 Å². The largest absolute Gasteiger partial charge is 0.416 e. The van der Waals surface area contributed by atoms with E-state index in [2.05, 4.69) is 23.8 Å². The lowest BCUT2D eigenvalue weighted by atomic mass is 9.89. The summed E-state index contributed by atoms with van der Waals surface area (Å²) in [5.74, 6) is -0.225. The first-order valence-corrected chi connectivity index (χ1v) is 11.9. The number of halogens is 6. The SMILES string of the molecule is C=CC(CCC(=O)NC)CN[C@](C=C)(CO[C@H](C)c1cc(C(F)(F)F)cc(C(F)(F)F)c1)c1ccccc1. The minimum absolute atomic E-state index is 0.0873. The Balaban J connectivity index is 2.33. The summed E-state index contributed by atoms with van der Waals surface area (Å²) in [6.45, 7) is 9.35. The van der Waals surface area contributed by atoms with Crippen LogP contribution in [0.2, 0.25) is 0 Å². The molecule has 0 aliphatic rings. The van der Waals surface area contributed by atoms with Crippen LogP contribution in [0.15, 0.2) is 73.8 Å². The van der Waals surface area contributed by atoms with E-state index in [-0.39, 0.29) is 36.5 Å². The van der Waals surface area contributed by atoms with Crippen molar-refractivity contribution in [2.75, 3.05) is 20.2 Å². The highest BCUT2D eigenvalue weighted by Gasteiger charge is 2.38. The van der Waals surface area contributed by atoms with Crippen LogP contribution in [-0.2, 0) is 27.4 Å². The second-order valence-electron chi connectivity index (χ2n) is 8.92. The summed E-state index contributed by atoms with van der Waals surface area (Å²) < 4.78 is 85.9. The van der Waals surface area contributed by atoms with Gasteiger partial charge in [0, 0.05) is 20.0 Å². The van der Waals surface area contributed by atoms with Gasteiger partial charge in [0.25, 0.3) is 0 Å². The van der Waals surface area contributed by atoms with Crippen molar-refractivity contribution in [2.24, 2.45) is 5.92 Å². The van der Waals surface area contributed by atoms with Crippen LogP contribution in [0.3, 0.4) is 0 Å². The normalized spacial score (nSPS) is 15.3. The summed E-state index contributed by atoms with van der Waals surface area (Å²) in [7, 11) is 1.54. The number of rotatable bonds is 13. The van der Waals surface area contributed by atoms with Gasteiger partial charge < -0.3 is 15.4 Å². The van der Waals surface area contributed by atoms with Gasteiger partial charge in [-0.3, -0.25) is 4.79 Å². The van der Waals surface area contributed by atoms with Gasteiger partial charge in [-0.05, 0) is 48.6 Å². The molecule has 2 N–H and O–H groups in total. The Bertz CT molecular complexity index is 1050. The molecule has 208 valence electrons. The van der Waals surface area contributed by atoms with E-state index >= 15 is 0 Å². The van der Waals surface area contributed by atoms with Crippen molar-refractivity contribution in [3.05, 3.63) is 96.1 Å². The molecule has 2 aromatic rings. The minimum atomic E-state index is -4.96. The predicted molar refractivity (Wildman–Crippen MR) is 134 cm³/mol. The number of amides is 1. The third-order valence-corrected chi connectivity index (χ3v) is 6.31. The highest BCUT2D eigenvalue weighted by Crippen LogP contribution is 2.38. The molecule has 3 atom stereocenters. The summed E-state index contributed by atoms with van der Waals surface area (Å²) in [6.07, 6.45) is -6.93. The van der Waals surface area contributed by atoms with Gasteiger partial charge in [0.1, 0.15) is 0 Å². The van der Waals surface area contributed by atoms with Crippen molar-refractivity contribution in [2.45, 2.75) is 43.8 Å². The first-order chi connectivity index (χ1) is 17.8. The van der Waals surface area contributed by atoms with Crippen LogP contribution in [0.5, 0.6) is 0 Å². The molecular weight excluding hydrogens is 510 g/mol. The van der Waals surface area contributed by atoms with Gasteiger partial charge in [0.05, 0.1) is 29.4 Å². The van der Waals surface area contributed by atoms with Crippen LogP contribution >= 0.6 is 0 Å². The topological polar surface area (TPSA) is 50.4 Å². The molecule has 0 bridgehead atoms. The number of alkyl halides is 6. The van der Waals surface area contributed by atoms with Crippen LogP contribution in [0.25, 0.3) is 0 Å². The molecule has 2 rings (SSSR count). The van der Waals surface area contributed by atoms with Crippen molar-refractivity contribution < 1.29 is 35.9 Å². The fourth-order valence-corrected chi connectivity index (χ4v) is 3.85. The summed E-state index contributed by atoms with van der Waals surface area (Å²) in [6, 6.07) is 10.4. The third kappa shape index (κ3) is 8.46. The van der Waals surface area contributed by atoms with Crippen molar-refractivity contribution in [3.63, 3.8) is 0 Å². The number of nitrogens with one attached hydrogen (secondary N) is 2. The summed E-state index contributed by atoms with van der Waals surface area (Å²) in [5, 5.41) is 5.92. The number of carbonyl (C=O) groups is 1. The average molecular weight is 543 g/mol. The van der Waals surface area contributed by atoms with Gasteiger partial charge in [-0.1, -0.05) is 42.5 Å². The molecule has 0 aromatic heterocycles. The lowest BCUT2D eigenvalue weighted by Gasteiger charge is -2.35. The van der Waals surface area contributed by atoms with Gasteiger partial charge in [-0.25, -0.2) is 0 Å². The Labute approximate surface area is 218 Å². The van der Waals surface area contributed by atoms with E-state index in [0.717, 1.165) is 5.56 Å². The van der Waals surface area contributed by atoms with Crippen molar-refractivity contribution in [1.29, 1.82) is 0 Å². The molecule has 1 unspecified atom stereocenters. The van der Waals surface area contributed by atoms with Crippen LogP contribution < -0.4 is 10.6 Å². The molecule has 0 saturated carbocycles. The van der Waals surface area contributed by atoms with Gasteiger partial charge in [-0.2, -0.15) is 26.3 Å². The van der Waals surface area contributed by atoms with E-state index < -0.39 is 35.1 Å². The number of carbonyl (C=O) groups excluding carboxylic acids is 1. The molecule has 2 aromatic carbocycles. The van der Waals surface area contributed by atoms with Crippen molar-refractivity contribution >= 4 is 5.91 Å². The smallest absolute Gasteiger partial charge is 0.371 e. The van der Waals surface area contributed by atoms with Gasteiger partial charge >= 0.3 is 12.4 Å². The van der Waals surface area contributed by atoms with Crippen LogP contribution in [0.4, 0.5) is 26.3 Å². The zero-order chi connectivity index (χ0) is 28.6. The van der Waals surface area contributed by atoms with E-state index in [9.17, 15) is 31.1 Å². The third-order valence-electron chi connectivity index (χ3n) is 6.31. The molecule has 0 saturated heterocycles. The average Bonchev–Trinajstić information content (AvgIpc) is 2.89. The quantitative estimate of drug-likeness (QED) is 0.216. The van der Waals surface area contributed by atoms with Gasteiger partial charge in [0.15, 0.2) is 0 Å². The fraction of sp³-hybridized carbons (Fsp3) is 0.393. The molecule has 0 aliphatic heterocycles. The van der Waals surface area contributed by atoms with Crippen LogP contribution in [-0.4, -0.2) is 26.1 Å². The molecule has 10 heteroatoms. The zero-order valence-corrected chi connectivity index (χ0v) is 21.3. The summed E-state index contributed by atoms with van der Waals surface area (Å²) in [4.78, 5) is 11.7. The van der Waals surface area contributed by atoms with Gasteiger partial charge in [-0.15, -0.1) is 13.2 Å². The molecule has 0 spiro atoms. The predicted octanol–water partition coefficient (Wildman–Crippen LogP) is 6.80. The minimum Gasteiger partial charge on any atom is -0.371 e. The number of hydrogen-bond acceptors (Lipinski definition) is 3. The zero-order valence-electron chi connectivity index (χ0n) is 21.3. The molecule has 4 nitrogen and oxygen atoms in total. The molecular formula is C28H32F6N2O2. The lowest BCUT2D eigenvalue weighted by Crippen LogP contribution is -2.46. The van der Waals surface area contributed by atoms with Gasteiger partial charge in [0.2, 0.25) is 5.91 Å². The molecule has 1 amide bonds. The number of benzene rings is 2. The Morgan fingerprint density at radius 2 is 1.55 bits per heavy atom. The van der Waals surface area contributed by atoms with E-state index in [4.69, 9.17) is 4.74 Å². The monoisotopic (exact) mass is 542 g/mol. The maximum Gasteiger partial charge on any atom is 0.416 e. The first-order valence-electron chi connectivity index (χ1n) is 11.9. The maximum atomic E-state index is 13.3. The Kier molecular flexibility index (Phi) is 10.7. The first kappa shape index (κ1) is 31.1. The van der Waals surface area contributed by atoms with Crippen LogP contribution in [0, 0.1) is 5.92 Å². The lowest BCUT2D eigenvalue weighted by molar-refractivity contribution is -0.143. The Hall–Kier alpha value is -3.11. The standard InChI is InChI=1S/C28H32F6N2O2/c1-5-20(12-13-25(37)35-4)17-36-26(6-2,22-10-8-7-9-11-22)18-38-19(3)21-14-23(27(29,30)31)16-24(15-21)28(32,33)34/h5-11,14-16,19-20,36H,1-2,12-13,17-18H2,3-4H3,(H,35,37)/t19-,20?,26-/m1/s1. The fourth-order valence-electron chi connectivity index (χ4n) is 3.85. The number of hydrogen-bond donors (Lipinski definition) is 2. The molecule has 0 aliphatic carbocycles. The molecule has 38 heavy (non-hydrogen) atoms. The summed E-state index contributed by atoms with van der Waals surface area (Å²) in [5.41, 5.74) is -3.36.